The molecule has 1 N–H and O–H groups in total. The second-order valence-electron chi connectivity index (χ2n) is 3.42. The number of carbonyl (C=O) groups is 1. The largest absolute Gasteiger partial charge is 0.496 e. The number of halogens is 1. The van der Waals surface area contributed by atoms with Crippen LogP contribution in [0.5, 0.6) is 5.75 Å². The van der Waals surface area contributed by atoms with Crippen LogP contribution < -0.4 is 10.1 Å². The Morgan fingerprint density at radius 1 is 1.44 bits per heavy atom. The van der Waals surface area contributed by atoms with Gasteiger partial charge >= 0.3 is 6.01 Å². The number of benzene rings is 1. The van der Waals surface area contributed by atoms with Crippen LogP contribution in [-0.2, 0) is 0 Å². The van der Waals surface area contributed by atoms with Crippen LogP contribution in [0.15, 0.2) is 27.1 Å². The zero-order valence-corrected chi connectivity index (χ0v) is 11.3. The Labute approximate surface area is 111 Å². The van der Waals surface area contributed by atoms with E-state index in [2.05, 4.69) is 31.4 Å². The monoisotopic (exact) mass is 311 g/mol. The fourth-order valence-corrected chi connectivity index (χ4v) is 1.70. The van der Waals surface area contributed by atoms with Gasteiger partial charge in [-0.1, -0.05) is 21.0 Å². The van der Waals surface area contributed by atoms with Crippen molar-refractivity contribution < 1.29 is 13.9 Å². The van der Waals surface area contributed by atoms with Gasteiger partial charge < -0.3 is 9.15 Å². The van der Waals surface area contributed by atoms with E-state index in [1.165, 1.54) is 7.11 Å². The second kappa shape index (κ2) is 5.18. The van der Waals surface area contributed by atoms with Crippen molar-refractivity contribution in [3.8, 4) is 5.75 Å². The summed E-state index contributed by atoms with van der Waals surface area (Å²) in [4.78, 5) is 12.0. The van der Waals surface area contributed by atoms with Crippen LogP contribution in [0.25, 0.3) is 0 Å². The Balaban J connectivity index is 2.23. The van der Waals surface area contributed by atoms with E-state index in [0.29, 0.717) is 17.2 Å². The van der Waals surface area contributed by atoms with Crippen LogP contribution in [0.3, 0.4) is 0 Å². The number of aromatic nitrogens is 2. The minimum absolute atomic E-state index is 0.0578. The van der Waals surface area contributed by atoms with Crippen molar-refractivity contribution in [2.45, 2.75) is 6.92 Å². The highest BCUT2D eigenvalue weighted by Crippen LogP contribution is 2.24. The van der Waals surface area contributed by atoms with Crippen molar-refractivity contribution >= 4 is 27.9 Å². The van der Waals surface area contributed by atoms with Crippen LogP contribution in [0.4, 0.5) is 6.01 Å². The molecule has 0 spiro atoms. The summed E-state index contributed by atoms with van der Waals surface area (Å²) in [5.41, 5.74) is 0.386. The van der Waals surface area contributed by atoms with Gasteiger partial charge in [-0.25, -0.2) is 0 Å². The molecule has 0 aliphatic rings. The van der Waals surface area contributed by atoms with Crippen molar-refractivity contribution in [1.29, 1.82) is 0 Å². The first-order valence-corrected chi connectivity index (χ1v) is 5.84. The number of hydrogen-bond donors (Lipinski definition) is 1. The highest BCUT2D eigenvalue weighted by molar-refractivity contribution is 9.10. The van der Waals surface area contributed by atoms with Crippen molar-refractivity contribution in [2.24, 2.45) is 0 Å². The molecule has 0 aliphatic carbocycles. The quantitative estimate of drug-likeness (QED) is 0.941. The first-order chi connectivity index (χ1) is 8.60. The number of carbonyl (C=O) groups excluding carboxylic acids is 1. The summed E-state index contributed by atoms with van der Waals surface area (Å²) in [6.07, 6.45) is 0. The average Bonchev–Trinajstić information content (AvgIpc) is 2.74. The number of nitrogens with zero attached hydrogens (tertiary/aromatic N) is 2. The van der Waals surface area contributed by atoms with Crippen molar-refractivity contribution in [3.63, 3.8) is 0 Å². The van der Waals surface area contributed by atoms with E-state index in [4.69, 9.17) is 9.15 Å². The number of ether oxygens (including phenoxy) is 1. The topological polar surface area (TPSA) is 77.2 Å². The number of methoxy groups -OCH3 is 1. The number of nitrogens with one attached hydrogen (secondary N) is 1. The third-order valence-electron chi connectivity index (χ3n) is 2.15. The van der Waals surface area contributed by atoms with E-state index in [-0.39, 0.29) is 11.9 Å². The van der Waals surface area contributed by atoms with E-state index in [9.17, 15) is 4.79 Å². The van der Waals surface area contributed by atoms with Crippen LogP contribution >= 0.6 is 15.9 Å². The fraction of sp³-hybridized carbons (Fsp3) is 0.182. The van der Waals surface area contributed by atoms with E-state index < -0.39 is 0 Å². The van der Waals surface area contributed by atoms with Crippen LogP contribution in [0, 0.1) is 6.92 Å². The van der Waals surface area contributed by atoms with Gasteiger partial charge in [-0.3, -0.25) is 10.1 Å². The molecule has 0 fully saturated rings. The molecule has 0 bridgehead atoms. The molecule has 1 heterocycles. The molecule has 2 aromatic rings. The zero-order valence-electron chi connectivity index (χ0n) is 9.73. The van der Waals surface area contributed by atoms with E-state index in [1.54, 1.807) is 25.1 Å². The summed E-state index contributed by atoms with van der Waals surface area (Å²) in [6, 6.07) is 5.15. The van der Waals surface area contributed by atoms with Crippen LogP contribution in [0.1, 0.15) is 16.2 Å². The molecule has 1 aromatic carbocycles. The van der Waals surface area contributed by atoms with Crippen LogP contribution in [-0.4, -0.2) is 23.2 Å². The molecule has 0 saturated heterocycles. The SMILES string of the molecule is COc1cc(Br)ccc1C(=O)Nc1nnc(C)o1. The maximum absolute atomic E-state index is 12.0. The van der Waals surface area contributed by atoms with Gasteiger partial charge in [0.05, 0.1) is 12.7 Å². The molecular weight excluding hydrogens is 302 g/mol. The predicted octanol–water partition coefficient (Wildman–Crippen LogP) is 2.40. The third kappa shape index (κ3) is 2.67. The first-order valence-electron chi connectivity index (χ1n) is 5.05. The van der Waals surface area contributed by atoms with E-state index in [1.807, 2.05) is 0 Å². The highest BCUT2D eigenvalue weighted by Gasteiger charge is 2.15. The van der Waals surface area contributed by atoms with Gasteiger partial charge in [0, 0.05) is 11.4 Å². The Hall–Kier alpha value is -1.89. The zero-order chi connectivity index (χ0) is 13.1. The summed E-state index contributed by atoms with van der Waals surface area (Å²) < 4.78 is 11.0. The number of anilines is 1. The smallest absolute Gasteiger partial charge is 0.322 e. The Bertz CT molecular complexity index is 583. The third-order valence-corrected chi connectivity index (χ3v) is 2.65. The predicted molar refractivity (Wildman–Crippen MR) is 67.7 cm³/mol. The molecular formula is C11H10BrN3O3. The van der Waals surface area contributed by atoms with Gasteiger partial charge in [0.2, 0.25) is 5.89 Å². The van der Waals surface area contributed by atoms with E-state index in [0.717, 1.165) is 4.47 Å². The molecule has 0 unspecified atom stereocenters. The van der Waals surface area contributed by atoms with Gasteiger partial charge in [-0.2, -0.15) is 0 Å². The molecule has 2 rings (SSSR count). The lowest BCUT2D eigenvalue weighted by molar-refractivity contribution is 0.102. The highest BCUT2D eigenvalue weighted by atomic mass is 79.9. The van der Waals surface area contributed by atoms with Gasteiger partial charge in [0.15, 0.2) is 0 Å². The second-order valence-corrected chi connectivity index (χ2v) is 4.34. The van der Waals surface area contributed by atoms with E-state index >= 15 is 0 Å². The molecule has 1 aromatic heterocycles. The Morgan fingerprint density at radius 2 is 2.22 bits per heavy atom. The lowest BCUT2D eigenvalue weighted by Crippen LogP contribution is -2.13. The van der Waals surface area contributed by atoms with Gasteiger partial charge in [-0.05, 0) is 18.2 Å². The fourth-order valence-electron chi connectivity index (χ4n) is 1.36. The standard InChI is InChI=1S/C11H10BrN3O3/c1-6-14-15-11(18-6)13-10(16)8-4-3-7(12)5-9(8)17-2/h3-5H,1-2H3,(H,13,15,16). The van der Waals surface area contributed by atoms with Crippen molar-refractivity contribution in [3.05, 3.63) is 34.1 Å². The Kier molecular flexibility index (Phi) is 3.61. The normalized spacial score (nSPS) is 10.2. The molecule has 18 heavy (non-hydrogen) atoms. The molecule has 94 valence electrons. The molecule has 7 heteroatoms. The first kappa shape index (κ1) is 12.6. The van der Waals surface area contributed by atoms with Gasteiger partial charge in [-0.15, -0.1) is 5.10 Å². The summed E-state index contributed by atoms with van der Waals surface area (Å²) >= 11 is 3.30. The van der Waals surface area contributed by atoms with Crippen LogP contribution in [0.2, 0.25) is 0 Å². The van der Waals surface area contributed by atoms with Crippen molar-refractivity contribution in [2.75, 3.05) is 12.4 Å². The Morgan fingerprint density at radius 3 is 2.83 bits per heavy atom. The molecule has 1 amide bonds. The number of hydrogen-bond acceptors (Lipinski definition) is 5. The average molecular weight is 312 g/mol. The summed E-state index contributed by atoms with van der Waals surface area (Å²) in [7, 11) is 1.50. The lowest BCUT2D eigenvalue weighted by Gasteiger charge is -2.07. The minimum atomic E-state index is -0.372. The lowest BCUT2D eigenvalue weighted by atomic mass is 10.2. The molecule has 6 nitrogen and oxygen atoms in total. The van der Waals surface area contributed by atoms with Gasteiger partial charge in [0.25, 0.3) is 5.91 Å². The molecule has 0 radical (unpaired) electrons. The maximum Gasteiger partial charge on any atom is 0.322 e. The van der Waals surface area contributed by atoms with Gasteiger partial charge in [0.1, 0.15) is 5.75 Å². The molecule has 0 atom stereocenters. The molecule has 0 saturated carbocycles. The number of amides is 1. The summed E-state index contributed by atoms with van der Waals surface area (Å²) in [5.74, 6) is 0.467. The molecule has 0 aliphatic heterocycles. The maximum atomic E-state index is 12.0. The number of aryl methyl sites for hydroxylation is 1. The minimum Gasteiger partial charge on any atom is -0.496 e. The summed E-state index contributed by atoms with van der Waals surface area (Å²) in [5, 5.41) is 9.80. The number of rotatable bonds is 3. The van der Waals surface area contributed by atoms with Crippen molar-refractivity contribution in [1.82, 2.24) is 10.2 Å². The summed E-state index contributed by atoms with van der Waals surface area (Å²) in [6.45, 7) is 1.64.